The maximum atomic E-state index is 12.2. The van der Waals surface area contributed by atoms with Gasteiger partial charge in [0.05, 0.1) is 11.4 Å². The van der Waals surface area contributed by atoms with Crippen LogP contribution in [0.1, 0.15) is 15.9 Å². The summed E-state index contributed by atoms with van der Waals surface area (Å²) in [5.74, 6) is -0.281. The molecule has 0 bridgehead atoms. The number of nitrogens with zero attached hydrogens (tertiary/aromatic N) is 1. The van der Waals surface area contributed by atoms with Gasteiger partial charge in [0.15, 0.2) is 9.84 Å². The van der Waals surface area contributed by atoms with Crippen LogP contribution in [-0.2, 0) is 15.6 Å². The maximum Gasteiger partial charge on any atom is 0.269 e. The third-order valence-corrected chi connectivity index (χ3v) is 3.92. The first-order valence-electron chi connectivity index (χ1n) is 6.71. The van der Waals surface area contributed by atoms with Gasteiger partial charge in [-0.1, -0.05) is 30.3 Å². The van der Waals surface area contributed by atoms with Gasteiger partial charge in [0, 0.05) is 18.9 Å². The van der Waals surface area contributed by atoms with Crippen molar-refractivity contribution in [2.45, 2.75) is 5.75 Å². The fourth-order valence-corrected chi connectivity index (χ4v) is 2.79. The first kappa shape index (κ1) is 16.0. The second-order valence-electron chi connectivity index (χ2n) is 5.10. The SMILES string of the molecule is CN(NC(=O)c1ccc(CS(C)(=O)=O)cc1)c1ccccc1. The lowest BCUT2D eigenvalue weighted by atomic mass is 10.1. The number of rotatable bonds is 5. The number of sulfone groups is 1. The Morgan fingerprint density at radius 1 is 1.05 bits per heavy atom. The van der Waals surface area contributed by atoms with E-state index >= 15 is 0 Å². The minimum absolute atomic E-state index is 0.0290. The number of amides is 1. The molecule has 1 amide bonds. The second kappa shape index (κ2) is 6.62. The smallest absolute Gasteiger partial charge is 0.269 e. The van der Waals surface area contributed by atoms with Crippen LogP contribution in [0.15, 0.2) is 54.6 Å². The average Bonchev–Trinajstić information content (AvgIpc) is 2.47. The van der Waals surface area contributed by atoms with E-state index in [1.54, 1.807) is 36.3 Å². The Morgan fingerprint density at radius 3 is 2.18 bits per heavy atom. The number of para-hydroxylation sites is 1. The fraction of sp³-hybridized carbons (Fsp3) is 0.188. The molecule has 0 aromatic heterocycles. The van der Waals surface area contributed by atoms with E-state index in [1.807, 2.05) is 30.3 Å². The van der Waals surface area contributed by atoms with Crippen LogP contribution in [0, 0.1) is 0 Å². The van der Waals surface area contributed by atoms with Crippen LogP contribution in [0.2, 0.25) is 0 Å². The van der Waals surface area contributed by atoms with Gasteiger partial charge in [-0.15, -0.1) is 0 Å². The Labute approximate surface area is 130 Å². The van der Waals surface area contributed by atoms with Crippen LogP contribution in [0.5, 0.6) is 0 Å². The molecule has 5 nitrogen and oxygen atoms in total. The summed E-state index contributed by atoms with van der Waals surface area (Å²) < 4.78 is 22.5. The van der Waals surface area contributed by atoms with Crippen molar-refractivity contribution in [3.05, 3.63) is 65.7 Å². The molecule has 0 fully saturated rings. The standard InChI is InChI=1S/C16H18N2O3S/c1-18(15-6-4-3-5-7-15)17-16(19)14-10-8-13(9-11-14)12-22(2,20)21/h3-11H,12H2,1-2H3,(H,17,19). The molecule has 2 aromatic rings. The van der Waals surface area contributed by atoms with Crippen molar-refractivity contribution in [1.29, 1.82) is 0 Å². The third kappa shape index (κ3) is 4.60. The highest BCUT2D eigenvalue weighted by Crippen LogP contribution is 2.11. The van der Waals surface area contributed by atoms with Crippen molar-refractivity contribution in [1.82, 2.24) is 5.43 Å². The summed E-state index contributed by atoms with van der Waals surface area (Å²) in [4.78, 5) is 12.2. The van der Waals surface area contributed by atoms with E-state index in [2.05, 4.69) is 5.43 Å². The molecule has 6 heteroatoms. The van der Waals surface area contributed by atoms with Crippen LogP contribution < -0.4 is 10.4 Å². The van der Waals surface area contributed by atoms with Crippen LogP contribution in [-0.4, -0.2) is 27.6 Å². The van der Waals surface area contributed by atoms with E-state index in [4.69, 9.17) is 0 Å². The van der Waals surface area contributed by atoms with E-state index in [1.165, 1.54) is 6.26 Å². The molecule has 1 N–H and O–H groups in total. The maximum absolute atomic E-state index is 12.2. The highest BCUT2D eigenvalue weighted by Gasteiger charge is 2.10. The number of benzene rings is 2. The number of hydrogen-bond acceptors (Lipinski definition) is 4. The topological polar surface area (TPSA) is 66.5 Å². The molecule has 0 unspecified atom stereocenters. The second-order valence-corrected chi connectivity index (χ2v) is 7.24. The van der Waals surface area contributed by atoms with Gasteiger partial charge in [-0.3, -0.25) is 15.2 Å². The van der Waals surface area contributed by atoms with Crippen molar-refractivity contribution in [3.63, 3.8) is 0 Å². The Hall–Kier alpha value is -2.34. The highest BCUT2D eigenvalue weighted by atomic mass is 32.2. The van der Waals surface area contributed by atoms with E-state index < -0.39 is 9.84 Å². The van der Waals surface area contributed by atoms with Gasteiger partial charge < -0.3 is 0 Å². The number of hydrazine groups is 1. The fourth-order valence-electron chi connectivity index (χ4n) is 1.99. The van der Waals surface area contributed by atoms with E-state index in [-0.39, 0.29) is 11.7 Å². The lowest BCUT2D eigenvalue weighted by Crippen LogP contribution is -2.39. The molecule has 0 atom stereocenters. The summed E-state index contributed by atoms with van der Waals surface area (Å²) in [6, 6.07) is 16.0. The molecule has 2 rings (SSSR count). The minimum Gasteiger partial charge on any atom is -0.288 e. The molecular formula is C16H18N2O3S. The number of hydrogen-bond donors (Lipinski definition) is 1. The van der Waals surface area contributed by atoms with Gasteiger partial charge in [-0.05, 0) is 29.8 Å². The Balaban J connectivity index is 2.04. The molecular weight excluding hydrogens is 300 g/mol. The van der Waals surface area contributed by atoms with E-state index in [0.717, 1.165) is 5.69 Å². The summed E-state index contributed by atoms with van der Waals surface area (Å²) in [7, 11) is -1.32. The molecule has 0 saturated carbocycles. The minimum atomic E-state index is -3.07. The van der Waals surface area contributed by atoms with Crippen LogP contribution in [0.4, 0.5) is 5.69 Å². The van der Waals surface area contributed by atoms with Gasteiger partial charge in [-0.25, -0.2) is 8.42 Å². The molecule has 0 heterocycles. The normalized spacial score (nSPS) is 11.0. The first-order chi connectivity index (χ1) is 10.3. The molecule has 0 spiro atoms. The van der Waals surface area contributed by atoms with Crippen LogP contribution >= 0.6 is 0 Å². The summed E-state index contributed by atoms with van der Waals surface area (Å²) in [6.45, 7) is 0. The zero-order valence-corrected chi connectivity index (χ0v) is 13.3. The first-order valence-corrected chi connectivity index (χ1v) is 8.77. The molecule has 0 aliphatic heterocycles. The number of carbonyl (C=O) groups excluding carboxylic acids is 1. The van der Waals surface area contributed by atoms with Crippen molar-refractivity contribution < 1.29 is 13.2 Å². The molecule has 0 aliphatic carbocycles. The Bertz CT molecular complexity index is 741. The van der Waals surface area contributed by atoms with Crippen molar-refractivity contribution in [3.8, 4) is 0 Å². The predicted octanol–water partition coefficient (Wildman–Crippen LogP) is 2.01. The number of carbonyl (C=O) groups is 1. The van der Waals surface area contributed by atoms with Gasteiger partial charge >= 0.3 is 0 Å². The summed E-state index contributed by atoms with van der Waals surface area (Å²) >= 11 is 0. The summed E-state index contributed by atoms with van der Waals surface area (Å²) in [6.07, 6.45) is 1.18. The molecule has 22 heavy (non-hydrogen) atoms. The monoisotopic (exact) mass is 318 g/mol. The Morgan fingerprint density at radius 2 is 1.64 bits per heavy atom. The number of anilines is 1. The van der Waals surface area contributed by atoms with Crippen LogP contribution in [0.25, 0.3) is 0 Å². The van der Waals surface area contributed by atoms with Crippen molar-refractivity contribution >= 4 is 21.4 Å². The molecule has 0 radical (unpaired) electrons. The van der Waals surface area contributed by atoms with Crippen LogP contribution in [0.3, 0.4) is 0 Å². The molecule has 2 aromatic carbocycles. The lowest BCUT2D eigenvalue weighted by molar-refractivity contribution is 0.0951. The summed E-state index contributed by atoms with van der Waals surface area (Å²) in [5.41, 5.74) is 4.76. The predicted molar refractivity (Wildman–Crippen MR) is 87.3 cm³/mol. The van der Waals surface area contributed by atoms with Gasteiger partial charge in [0.2, 0.25) is 0 Å². The zero-order chi connectivity index (χ0) is 16.2. The largest absolute Gasteiger partial charge is 0.288 e. The summed E-state index contributed by atoms with van der Waals surface area (Å²) in [5, 5.41) is 1.63. The Kier molecular flexibility index (Phi) is 4.82. The van der Waals surface area contributed by atoms with Crippen molar-refractivity contribution in [2.24, 2.45) is 0 Å². The molecule has 0 saturated heterocycles. The number of nitrogens with one attached hydrogen (secondary N) is 1. The van der Waals surface area contributed by atoms with E-state index in [0.29, 0.717) is 11.1 Å². The highest BCUT2D eigenvalue weighted by molar-refractivity contribution is 7.89. The molecule has 0 aliphatic rings. The quantitative estimate of drug-likeness (QED) is 0.857. The van der Waals surface area contributed by atoms with Crippen molar-refractivity contribution in [2.75, 3.05) is 18.3 Å². The lowest BCUT2D eigenvalue weighted by Gasteiger charge is -2.20. The van der Waals surface area contributed by atoms with E-state index in [9.17, 15) is 13.2 Å². The average molecular weight is 318 g/mol. The van der Waals surface area contributed by atoms with Gasteiger partial charge in [0.25, 0.3) is 5.91 Å². The third-order valence-electron chi connectivity index (χ3n) is 3.06. The molecule has 116 valence electrons. The zero-order valence-electron chi connectivity index (χ0n) is 12.5. The van der Waals surface area contributed by atoms with Gasteiger partial charge in [0.1, 0.15) is 0 Å². The van der Waals surface area contributed by atoms with Gasteiger partial charge in [-0.2, -0.15) is 0 Å².